The van der Waals surface area contributed by atoms with Crippen molar-refractivity contribution in [2.24, 2.45) is 5.41 Å². The third-order valence-electron chi connectivity index (χ3n) is 4.19. The third-order valence-corrected chi connectivity index (χ3v) is 4.19. The van der Waals surface area contributed by atoms with Crippen molar-refractivity contribution in [3.8, 4) is 0 Å². The van der Waals surface area contributed by atoms with Gasteiger partial charge in [0.05, 0.1) is 13.2 Å². The Bertz CT molecular complexity index is 506. The first-order valence-corrected chi connectivity index (χ1v) is 6.46. The number of aryl methyl sites for hydroxylation is 1. The minimum atomic E-state index is -0.771. The van der Waals surface area contributed by atoms with E-state index in [1.165, 1.54) is 16.7 Å². The molecule has 2 rings (SSSR count). The van der Waals surface area contributed by atoms with Crippen LogP contribution in [0.5, 0.6) is 0 Å². The summed E-state index contributed by atoms with van der Waals surface area (Å²) in [6, 6.07) is 4.14. The van der Waals surface area contributed by atoms with Crippen molar-refractivity contribution in [1.82, 2.24) is 0 Å². The van der Waals surface area contributed by atoms with E-state index < -0.39 is 11.4 Å². The maximum atomic E-state index is 11.4. The van der Waals surface area contributed by atoms with Crippen molar-refractivity contribution in [3.05, 3.63) is 28.8 Å². The first-order chi connectivity index (χ1) is 8.87. The number of hydrogen-bond acceptors (Lipinski definition) is 3. The van der Waals surface area contributed by atoms with Gasteiger partial charge >= 0.3 is 5.97 Å². The average Bonchev–Trinajstić information content (AvgIpc) is 2.30. The van der Waals surface area contributed by atoms with E-state index >= 15 is 0 Å². The molecule has 0 aliphatic carbocycles. The van der Waals surface area contributed by atoms with E-state index in [9.17, 15) is 9.90 Å². The van der Waals surface area contributed by atoms with E-state index in [2.05, 4.69) is 32.9 Å². The molecule has 0 saturated carbocycles. The highest BCUT2D eigenvalue weighted by Gasteiger charge is 2.47. The summed E-state index contributed by atoms with van der Waals surface area (Å²) >= 11 is 0. The molecule has 19 heavy (non-hydrogen) atoms. The van der Waals surface area contributed by atoms with Crippen molar-refractivity contribution in [3.63, 3.8) is 0 Å². The number of ether oxygens (including phenoxy) is 1. The van der Waals surface area contributed by atoms with Crippen LogP contribution >= 0.6 is 0 Å². The fraction of sp³-hybridized carbons (Fsp3) is 0.533. The maximum absolute atomic E-state index is 11.4. The zero-order valence-corrected chi connectivity index (χ0v) is 12.0. The molecule has 1 N–H and O–H groups in total. The van der Waals surface area contributed by atoms with Gasteiger partial charge in [0.2, 0.25) is 0 Å². The maximum Gasteiger partial charge on any atom is 0.316 e. The molecule has 1 aromatic rings. The molecule has 1 aliphatic heterocycles. The molecular weight excluding hydrogens is 242 g/mol. The molecule has 1 saturated heterocycles. The molecule has 4 heteroatoms. The van der Waals surface area contributed by atoms with E-state index in [1.807, 2.05) is 11.9 Å². The molecule has 0 amide bonds. The highest BCUT2D eigenvalue weighted by molar-refractivity contribution is 5.77. The fourth-order valence-corrected chi connectivity index (χ4v) is 2.53. The van der Waals surface area contributed by atoms with E-state index in [-0.39, 0.29) is 0 Å². The lowest BCUT2D eigenvalue weighted by atomic mass is 9.85. The lowest BCUT2D eigenvalue weighted by Crippen LogP contribution is -2.55. The van der Waals surface area contributed by atoms with Gasteiger partial charge in [-0.05, 0) is 43.5 Å². The lowest BCUT2D eigenvalue weighted by Gasteiger charge is -2.41. The van der Waals surface area contributed by atoms with E-state index in [1.54, 1.807) is 0 Å². The van der Waals surface area contributed by atoms with Gasteiger partial charge in [-0.3, -0.25) is 4.79 Å². The topological polar surface area (TPSA) is 49.8 Å². The summed E-state index contributed by atoms with van der Waals surface area (Å²) < 4.78 is 5.10. The number of nitrogens with zero attached hydrogens (tertiary/aromatic N) is 1. The third kappa shape index (κ3) is 2.32. The number of hydrogen-bond donors (Lipinski definition) is 1. The van der Waals surface area contributed by atoms with Crippen molar-refractivity contribution in [1.29, 1.82) is 0 Å². The molecular formula is C15H21NO3. The highest BCUT2D eigenvalue weighted by atomic mass is 16.5. The summed E-state index contributed by atoms with van der Waals surface area (Å²) in [5.74, 6) is -0.771. The standard InChI is InChI=1S/C15H21NO3/c1-10-5-6-13(12(3)11(10)2)16(4)7-15(14(17)18)8-19-9-15/h5-6H,7-9H2,1-4H3,(H,17,18). The Labute approximate surface area is 114 Å². The van der Waals surface area contributed by atoms with Crippen LogP contribution in [0.15, 0.2) is 12.1 Å². The Balaban J connectivity index is 2.23. The van der Waals surface area contributed by atoms with Gasteiger partial charge in [-0.1, -0.05) is 6.07 Å². The second-order valence-corrected chi connectivity index (χ2v) is 5.59. The van der Waals surface area contributed by atoms with Crippen LogP contribution in [-0.4, -0.2) is 37.9 Å². The number of carbonyl (C=O) groups is 1. The number of carboxylic acids is 1. The molecule has 1 heterocycles. The van der Waals surface area contributed by atoms with Gasteiger partial charge < -0.3 is 14.7 Å². The molecule has 0 unspecified atom stereocenters. The zero-order chi connectivity index (χ0) is 14.2. The fourth-order valence-electron chi connectivity index (χ4n) is 2.53. The summed E-state index contributed by atoms with van der Waals surface area (Å²) in [5, 5.41) is 9.34. The minimum Gasteiger partial charge on any atom is -0.481 e. The first-order valence-electron chi connectivity index (χ1n) is 6.46. The van der Waals surface area contributed by atoms with Crippen molar-refractivity contribution >= 4 is 11.7 Å². The van der Waals surface area contributed by atoms with Gasteiger partial charge in [0.15, 0.2) is 0 Å². The number of aliphatic carboxylic acids is 1. The van der Waals surface area contributed by atoms with Gasteiger partial charge in [0.25, 0.3) is 0 Å². The van der Waals surface area contributed by atoms with Crippen LogP contribution < -0.4 is 4.90 Å². The summed E-state index contributed by atoms with van der Waals surface area (Å²) in [4.78, 5) is 13.4. The van der Waals surface area contributed by atoms with Crippen LogP contribution in [0.4, 0.5) is 5.69 Å². The van der Waals surface area contributed by atoms with Crippen LogP contribution in [0.2, 0.25) is 0 Å². The van der Waals surface area contributed by atoms with Crippen LogP contribution in [0.3, 0.4) is 0 Å². The summed E-state index contributed by atoms with van der Waals surface area (Å²) in [5.41, 5.74) is 4.08. The molecule has 1 aliphatic rings. The molecule has 0 atom stereocenters. The van der Waals surface area contributed by atoms with Gasteiger partial charge in [-0.25, -0.2) is 0 Å². The molecule has 0 aromatic heterocycles. The monoisotopic (exact) mass is 263 g/mol. The second kappa shape index (κ2) is 4.85. The normalized spacial score (nSPS) is 16.8. The zero-order valence-electron chi connectivity index (χ0n) is 12.0. The van der Waals surface area contributed by atoms with Crippen molar-refractivity contribution in [2.45, 2.75) is 20.8 Å². The SMILES string of the molecule is Cc1ccc(N(C)CC2(C(=O)O)COC2)c(C)c1C. The van der Waals surface area contributed by atoms with Gasteiger partial charge in [-0.15, -0.1) is 0 Å². The van der Waals surface area contributed by atoms with Crippen molar-refractivity contribution in [2.75, 3.05) is 31.7 Å². The van der Waals surface area contributed by atoms with Gasteiger partial charge in [0.1, 0.15) is 5.41 Å². The number of rotatable bonds is 4. The second-order valence-electron chi connectivity index (χ2n) is 5.59. The lowest BCUT2D eigenvalue weighted by molar-refractivity contribution is -0.177. The van der Waals surface area contributed by atoms with Crippen LogP contribution in [0.25, 0.3) is 0 Å². The summed E-state index contributed by atoms with van der Waals surface area (Å²) in [7, 11) is 1.94. The number of anilines is 1. The molecule has 0 bridgehead atoms. The van der Waals surface area contributed by atoms with E-state index in [0.717, 1.165) is 5.69 Å². The minimum absolute atomic E-state index is 0.302. The Morgan fingerprint density at radius 1 is 1.32 bits per heavy atom. The number of benzene rings is 1. The Morgan fingerprint density at radius 2 is 1.95 bits per heavy atom. The summed E-state index contributed by atoms with van der Waals surface area (Å²) in [6.45, 7) is 7.35. The van der Waals surface area contributed by atoms with Crippen LogP contribution in [0, 0.1) is 26.2 Å². The number of carboxylic acid groups (broad SMARTS) is 1. The Morgan fingerprint density at radius 3 is 2.42 bits per heavy atom. The molecule has 0 spiro atoms. The van der Waals surface area contributed by atoms with Gasteiger partial charge in [-0.2, -0.15) is 0 Å². The summed E-state index contributed by atoms with van der Waals surface area (Å²) in [6.07, 6.45) is 0. The van der Waals surface area contributed by atoms with Crippen LogP contribution in [0.1, 0.15) is 16.7 Å². The predicted molar refractivity (Wildman–Crippen MR) is 74.8 cm³/mol. The van der Waals surface area contributed by atoms with Crippen molar-refractivity contribution < 1.29 is 14.6 Å². The Hall–Kier alpha value is -1.55. The molecule has 104 valence electrons. The quantitative estimate of drug-likeness (QED) is 0.904. The largest absolute Gasteiger partial charge is 0.481 e. The van der Waals surface area contributed by atoms with Gasteiger partial charge in [0, 0.05) is 19.3 Å². The molecule has 1 fully saturated rings. The Kier molecular flexibility index (Phi) is 3.54. The van der Waals surface area contributed by atoms with Crippen LogP contribution in [-0.2, 0) is 9.53 Å². The average molecular weight is 263 g/mol. The first kappa shape index (κ1) is 13.9. The molecule has 1 aromatic carbocycles. The van der Waals surface area contributed by atoms with E-state index in [4.69, 9.17) is 4.74 Å². The molecule has 0 radical (unpaired) electrons. The highest BCUT2D eigenvalue weighted by Crippen LogP contribution is 2.32. The van der Waals surface area contributed by atoms with E-state index in [0.29, 0.717) is 19.8 Å². The predicted octanol–water partition coefficient (Wildman–Crippen LogP) is 2.15. The molecule has 4 nitrogen and oxygen atoms in total. The smallest absolute Gasteiger partial charge is 0.316 e.